The number of sulfonamides is 1. The van der Waals surface area contributed by atoms with E-state index in [0.29, 0.717) is 37.4 Å². The summed E-state index contributed by atoms with van der Waals surface area (Å²) < 4.78 is 38.2. The van der Waals surface area contributed by atoms with Crippen molar-refractivity contribution < 1.29 is 22.7 Å². The van der Waals surface area contributed by atoms with Crippen LogP contribution >= 0.6 is 0 Å². The summed E-state index contributed by atoms with van der Waals surface area (Å²) in [5, 5.41) is 2.92. The van der Waals surface area contributed by atoms with Gasteiger partial charge in [0.25, 0.3) is 0 Å². The van der Waals surface area contributed by atoms with E-state index < -0.39 is 10.0 Å². The molecule has 0 saturated carbocycles. The van der Waals surface area contributed by atoms with Crippen LogP contribution in [0.3, 0.4) is 0 Å². The van der Waals surface area contributed by atoms with Gasteiger partial charge in [0, 0.05) is 25.2 Å². The maximum absolute atomic E-state index is 13.1. The van der Waals surface area contributed by atoms with Crippen molar-refractivity contribution in [1.82, 2.24) is 9.62 Å². The molecule has 7 nitrogen and oxygen atoms in total. The minimum absolute atomic E-state index is 0.147. The standard InChI is InChI=1S/C22H28N2O5S/c1-16-13-19(10-11-20(16)28-2)30(26,27)24-12-6-8-18(15-24)22(25)23-14-17-7-4-5-9-21(17)29-3/h4-5,7,9-11,13,18H,6,8,12,14-15H2,1-3H3,(H,23,25). The van der Waals surface area contributed by atoms with Gasteiger partial charge in [-0.2, -0.15) is 4.31 Å². The second-order valence-corrected chi connectivity index (χ2v) is 9.30. The van der Waals surface area contributed by atoms with E-state index in [1.165, 1.54) is 4.31 Å². The fraction of sp³-hybridized carbons (Fsp3) is 0.409. The average molecular weight is 433 g/mol. The number of amides is 1. The highest BCUT2D eigenvalue weighted by Crippen LogP contribution is 2.27. The third kappa shape index (κ3) is 4.76. The van der Waals surface area contributed by atoms with E-state index in [0.717, 1.165) is 11.1 Å². The lowest BCUT2D eigenvalue weighted by Gasteiger charge is -2.31. The Bertz CT molecular complexity index is 1010. The minimum Gasteiger partial charge on any atom is -0.496 e. The first-order valence-corrected chi connectivity index (χ1v) is 11.3. The van der Waals surface area contributed by atoms with E-state index >= 15 is 0 Å². The van der Waals surface area contributed by atoms with Gasteiger partial charge in [0.05, 0.1) is 25.0 Å². The number of hydrogen-bond acceptors (Lipinski definition) is 5. The number of carbonyl (C=O) groups excluding carboxylic acids is 1. The third-order valence-corrected chi connectivity index (χ3v) is 7.27. The molecule has 0 radical (unpaired) electrons. The van der Waals surface area contributed by atoms with Crippen LogP contribution in [0.25, 0.3) is 0 Å². The van der Waals surface area contributed by atoms with Gasteiger partial charge in [-0.05, 0) is 49.6 Å². The fourth-order valence-electron chi connectivity index (χ4n) is 3.71. The molecule has 2 aromatic carbocycles. The van der Waals surface area contributed by atoms with Crippen molar-refractivity contribution in [3.63, 3.8) is 0 Å². The lowest BCUT2D eigenvalue weighted by molar-refractivity contribution is -0.126. The Morgan fingerprint density at radius 1 is 1.13 bits per heavy atom. The van der Waals surface area contributed by atoms with Crippen LogP contribution in [0.1, 0.15) is 24.0 Å². The summed E-state index contributed by atoms with van der Waals surface area (Å²) in [5.74, 6) is 0.816. The highest BCUT2D eigenvalue weighted by molar-refractivity contribution is 7.89. The highest BCUT2D eigenvalue weighted by Gasteiger charge is 2.33. The predicted molar refractivity (Wildman–Crippen MR) is 114 cm³/mol. The molecule has 0 spiro atoms. The lowest BCUT2D eigenvalue weighted by Crippen LogP contribution is -2.45. The molecule has 1 atom stereocenters. The molecule has 1 saturated heterocycles. The van der Waals surface area contributed by atoms with Gasteiger partial charge in [0.15, 0.2) is 0 Å². The predicted octanol–water partition coefficient (Wildman–Crippen LogP) is 2.73. The van der Waals surface area contributed by atoms with E-state index in [1.807, 2.05) is 31.2 Å². The summed E-state index contributed by atoms with van der Waals surface area (Å²) >= 11 is 0. The first kappa shape index (κ1) is 22.1. The molecule has 8 heteroatoms. The maximum atomic E-state index is 13.1. The molecule has 0 aromatic heterocycles. The van der Waals surface area contributed by atoms with Crippen LogP contribution in [0.5, 0.6) is 11.5 Å². The van der Waals surface area contributed by atoms with E-state index in [-0.39, 0.29) is 23.3 Å². The van der Waals surface area contributed by atoms with Crippen LogP contribution in [0.15, 0.2) is 47.4 Å². The van der Waals surface area contributed by atoms with E-state index in [1.54, 1.807) is 32.4 Å². The molecule has 1 N–H and O–H groups in total. The SMILES string of the molecule is COc1ccc(S(=O)(=O)N2CCCC(C(=O)NCc3ccccc3OC)C2)cc1C. The molecule has 0 bridgehead atoms. The van der Waals surface area contributed by atoms with Crippen LogP contribution in [0.4, 0.5) is 0 Å². The number of piperidine rings is 1. The number of para-hydroxylation sites is 1. The number of methoxy groups -OCH3 is 2. The first-order valence-electron chi connectivity index (χ1n) is 9.91. The van der Waals surface area contributed by atoms with Gasteiger partial charge in [-0.3, -0.25) is 4.79 Å². The Morgan fingerprint density at radius 3 is 2.57 bits per heavy atom. The number of aryl methyl sites for hydroxylation is 1. The summed E-state index contributed by atoms with van der Waals surface area (Å²) in [6.45, 7) is 2.72. The van der Waals surface area contributed by atoms with Crippen LogP contribution in [-0.2, 0) is 21.4 Å². The molecule has 1 heterocycles. The quantitative estimate of drug-likeness (QED) is 0.727. The lowest BCUT2D eigenvalue weighted by atomic mass is 9.98. The molecule has 1 fully saturated rings. The van der Waals surface area contributed by atoms with E-state index in [2.05, 4.69) is 5.32 Å². The van der Waals surface area contributed by atoms with Crippen molar-refractivity contribution in [2.24, 2.45) is 5.92 Å². The van der Waals surface area contributed by atoms with Crippen molar-refractivity contribution in [3.8, 4) is 11.5 Å². The average Bonchev–Trinajstić information content (AvgIpc) is 2.77. The van der Waals surface area contributed by atoms with Gasteiger partial charge in [0.2, 0.25) is 15.9 Å². The first-order chi connectivity index (χ1) is 14.4. The zero-order chi connectivity index (χ0) is 21.7. The molecule has 3 rings (SSSR count). The van der Waals surface area contributed by atoms with Gasteiger partial charge < -0.3 is 14.8 Å². The Labute approximate surface area is 178 Å². The van der Waals surface area contributed by atoms with Crippen LogP contribution < -0.4 is 14.8 Å². The largest absolute Gasteiger partial charge is 0.496 e. The molecule has 1 aliphatic rings. The van der Waals surface area contributed by atoms with Crippen molar-refractivity contribution in [3.05, 3.63) is 53.6 Å². The number of benzene rings is 2. The highest BCUT2D eigenvalue weighted by atomic mass is 32.2. The third-order valence-electron chi connectivity index (χ3n) is 5.40. The van der Waals surface area contributed by atoms with E-state index in [4.69, 9.17) is 9.47 Å². The Morgan fingerprint density at radius 2 is 1.87 bits per heavy atom. The molecular weight excluding hydrogens is 404 g/mol. The molecule has 30 heavy (non-hydrogen) atoms. The van der Waals surface area contributed by atoms with Crippen LogP contribution in [0.2, 0.25) is 0 Å². The van der Waals surface area contributed by atoms with Gasteiger partial charge in [-0.15, -0.1) is 0 Å². The molecule has 1 unspecified atom stereocenters. The van der Waals surface area contributed by atoms with E-state index in [9.17, 15) is 13.2 Å². The Balaban J connectivity index is 1.68. The molecule has 0 aliphatic carbocycles. The monoisotopic (exact) mass is 432 g/mol. The molecule has 1 aliphatic heterocycles. The fourth-order valence-corrected chi connectivity index (χ4v) is 5.32. The van der Waals surface area contributed by atoms with Crippen molar-refractivity contribution >= 4 is 15.9 Å². The van der Waals surface area contributed by atoms with Crippen LogP contribution in [0, 0.1) is 12.8 Å². The van der Waals surface area contributed by atoms with Crippen molar-refractivity contribution in [2.75, 3.05) is 27.3 Å². The number of nitrogens with one attached hydrogen (secondary N) is 1. The zero-order valence-electron chi connectivity index (χ0n) is 17.6. The summed E-state index contributed by atoms with van der Waals surface area (Å²) in [4.78, 5) is 12.9. The number of ether oxygens (including phenoxy) is 2. The second-order valence-electron chi connectivity index (χ2n) is 7.36. The summed E-state index contributed by atoms with van der Waals surface area (Å²) in [6, 6.07) is 12.3. The van der Waals surface area contributed by atoms with Crippen LogP contribution in [-0.4, -0.2) is 45.9 Å². The van der Waals surface area contributed by atoms with Crippen molar-refractivity contribution in [1.29, 1.82) is 0 Å². The topological polar surface area (TPSA) is 84.9 Å². The summed E-state index contributed by atoms with van der Waals surface area (Å²) in [7, 11) is -0.536. The van der Waals surface area contributed by atoms with Crippen molar-refractivity contribution in [2.45, 2.75) is 31.2 Å². The smallest absolute Gasteiger partial charge is 0.243 e. The molecule has 162 valence electrons. The Hall–Kier alpha value is -2.58. The Kier molecular flexibility index (Phi) is 6.99. The van der Waals surface area contributed by atoms with Gasteiger partial charge in [-0.1, -0.05) is 18.2 Å². The molecular formula is C22H28N2O5S. The summed E-state index contributed by atoms with van der Waals surface area (Å²) in [5.41, 5.74) is 1.63. The molecule has 2 aromatic rings. The number of nitrogens with zero attached hydrogens (tertiary/aromatic N) is 1. The number of rotatable bonds is 7. The van der Waals surface area contributed by atoms with Gasteiger partial charge >= 0.3 is 0 Å². The number of carbonyl (C=O) groups is 1. The van der Waals surface area contributed by atoms with Gasteiger partial charge in [0.1, 0.15) is 11.5 Å². The minimum atomic E-state index is -3.68. The zero-order valence-corrected chi connectivity index (χ0v) is 18.4. The second kappa shape index (κ2) is 9.49. The maximum Gasteiger partial charge on any atom is 0.243 e. The normalized spacial score (nSPS) is 17.4. The molecule has 1 amide bonds. The summed E-state index contributed by atoms with van der Waals surface area (Å²) in [6.07, 6.45) is 1.30. The van der Waals surface area contributed by atoms with Gasteiger partial charge in [-0.25, -0.2) is 8.42 Å². The number of hydrogen-bond donors (Lipinski definition) is 1.